The van der Waals surface area contributed by atoms with Crippen molar-refractivity contribution in [2.75, 3.05) is 29.1 Å². The number of nitrogens with zero attached hydrogens (tertiary/aromatic N) is 2. The van der Waals surface area contributed by atoms with Gasteiger partial charge in [0.15, 0.2) is 0 Å². The van der Waals surface area contributed by atoms with Crippen molar-refractivity contribution in [1.82, 2.24) is 4.57 Å². The van der Waals surface area contributed by atoms with Gasteiger partial charge in [-0.15, -0.1) is 11.8 Å². The Morgan fingerprint density at radius 1 is 1.17 bits per heavy atom. The summed E-state index contributed by atoms with van der Waals surface area (Å²) in [5.74, 6) is 0.847. The van der Waals surface area contributed by atoms with E-state index in [4.69, 9.17) is 0 Å². The summed E-state index contributed by atoms with van der Waals surface area (Å²) in [6.07, 6.45) is 0.978. The number of carbonyl (C=O) groups is 1. The molecule has 0 bridgehead atoms. The van der Waals surface area contributed by atoms with Gasteiger partial charge in [-0.3, -0.25) is 9.59 Å². The lowest BCUT2D eigenvalue weighted by molar-refractivity contribution is -0.114. The van der Waals surface area contributed by atoms with Crippen molar-refractivity contribution in [1.29, 1.82) is 0 Å². The molecule has 0 spiro atoms. The molecule has 0 saturated carbocycles. The van der Waals surface area contributed by atoms with Crippen LogP contribution in [0.2, 0.25) is 0 Å². The Morgan fingerprint density at radius 2 is 1.93 bits per heavy atom. The van der Waals surface area contributed by atoms with E-state index in [0.717, 1.165) is 36.2 Å². The number of nitrogens with one attached hydrogen (secondary N) is 1. The zero-order valence-corrected chi connectivity index (χ0v) is 18.5. The summed E-state index contributed by atoms with van der Waals surface area (Å²) >= 11 is 1.83. The lowest BCUT2D eigenvalue weighted by Crippen LogP contribution is -2.31. The fraction of sp³-hybridized carbons (Fsp3) is 0.333. The summed E-state index contributed by atoms with van der Waals surface area (Å²) < 4.78 is 1.82. The van der Waals surface area contributed by atoms with Crippen LogP contribution in [0.3, 0.4) is 0 Å². The summed E-state index contributed by atoms with van der Waals surface area (Å²) in [7, 11) is 0. The molecule has 30 heavy (non-hydrogen) atoms. The molecule has 0 saturated heterocycles. The van der Waals surface area contributed by atoms with E-state index in [-0.39, 0.29) is 17.5 Å². The van der Waals surface area contributed by atoms with E-state index in [9.17, 15) is 9.59 Å². The van der Waals surface area contributed by atoms with Crippen LogP contribution in [0, 0.1) is 0 Å². The second-order valence-corrected chi connectivity index (χ2v) is 9.09. The zero-order chi connectivity index (χ0) is 21.3. The highest BCUT2D eigenvalue weighted by atomic mass is 32.2. The number of fused-ring (bicyclic) bond motifs is 2. The molecule has 1 aliphatic heterocycles. The van der Waals surface area contributed by atoms with Gasteiger partial charge in [-0.1, -0.05) is 30.3 Å². The van der Waals surface area contributed by atoms with Gasteiger partial charge in [0.1, 0.15) is 0 Å². The first kappa shape index (κ1) is 20.5. The largest absolute Gasteiger partial charge is 0.369 e. The Hall–Kier alpha value is -2.73. The molecule has 1 aliphatic rings. The highest BCUT2D eigenvalue weighted by Gasteiger charge is 2.21. The quantitative estimate of drug-likeness (QED) is 0.649. The molecule has 0 aliphatic carbocycles. The molecule has 1 amide bonds. The van der Waals surface area contributed by atoms with Crippen LogP contribution in [0.25, 0.3) is 10.9 Å². The van der Waals surface area contributed by atoms with Crippen molar-refractivity contribution in [3.05, 3.63) is 64.4 Å². The molecule has 156 valence electrons. The van der Waals surface area contributed by atoms with Gasteiger partial charge in [0.2, 0.25) is 5.91 Å². The molecule has 1 N–H and O–H groups in total. The molecular weight excluding hydrogens is 394 g/mol. The van der Waals surface area contributed by atoms with Gasteiger partial charge in [-0.05, 0) is 38.0 Å². The highest BCUT2D eigenvalue weighted by Crippen LogP contribution is 2.39. The lowest BCUT2D eigenvalue weighted by atomic mass is 10.1. The predicted octanol–water partition coefficient (Wildman–Crippen LogP) is 4.70. The van der Waals surface area contributed by atoms with Gasteiger partial charge in [-0.25, -0.2) is 0 Å². The van der Waals surface area contributed by atoms with E-state index in [0.29, 0.717) is 5.69 Å². The highest BCUT2D eigenvalue weighted by molar-refractivity contribution is 7.99. The molecule has 0 fully saturated rings. The van der Waals surface area contributed by atoms with Gasteiger partial charge in [0.25, 0.3) is 5.56 Å². The lowest BCUT2D eigenvalue weighted by Gasteiger charge is -2.32. The molecule has 3 aromatic rings. The maximum atomic E-state index is 12.8. The number of pyridine rings is 1. The Bertz CT molecular complexity index is 1140. The first-order valence-corrected chi connectivity index (χ1v) is 11.3. The number of hydrogen-bond donors (Lipinski definition) is 1. The average Bonchev–Trinajstić information content (AvgIpc) is 2.71. The summed E-state index contributed by atoms with van der Waals surface area (Å²) in [6.45, 7) is 7.41. The monoisotopic (exact) mass is 421 g/mol. The Kier molecular flexibility index (Phi) is 5.86. The number of rotatable bonds is 5. The van der Waals surface area contributed by atoms with Crippen molar-refractivity contribution in [2.24, 2.45) is 0 Å². The van der Waals surface area contributed by atoms with Gasteiger partial charge in [0, 0.05) is 48.2 Å². The Morgan fingerprint density at radius 3 is 2.63 bits per heavy atom. The topological polar surface area (TPSA) is 54.3 Å². The van der Waals surface area contributed by atoms with Crippen LogP contribution in [0.1, 0.15) is 32.4 Å². The minimum atomic E-state index is -0.173. The molecule has 4 rings (SSSR count). The van der Waals surface area contributed by atoms with Gasteiger partial charge >= 0.3 is 0 Å². The second kappa shape index (κ2) is 8.56. The van der Waals surface area contributed by atoms with Crippen LogP contribution in [-0.2, 0) is 11.2 Å². The fourth-order valence-electron chi connectivity index (χ4n) is 4.08. The first-order chi connectivity index (χ1) is 14.4. The molecule has 0 radical (unpaired) electrons. The van der Waals surface area contributed by atoms with Crippen LogP contribution in [0.15, 0.2) is 58.2 Å². The molecule has 2 aromatic carbocycles. The average molecular weight is 422 g/mol. The van der Waals surface area contributed by atoms with Crippen LogP contribution in [0.4, 0.5) is 11.4 Å². The third-order valence-electron chi connectivity index (χ3n) is 5.43. The number of hydrogen-bond acceptors (Lipinski definition) is 4. The van der Waals surface area contributed by atoms with Crippen molar-refractivity contribution in [2.45, 2.75) is 38.1 Å². The number of aromatic nitrogens is 1. The third kappa shape index (κ3) is 4.10. The van der Waals surface area contributed by atoms with Crippen LogP contribution in [-0.4, -0.2) is 29.3 Å². The van der Waals surface area contributed by atoms with Crippen molar-refractivity contribution >= 4 is 39.9 Å². The fourth-order valence-corrected chi connectivity index (χ4v) is 5.15. The SMILES string of the molecule is CC(=O)Nc1cc(=O)n(C(C)C)c2cc3c(cc12)SCCN3CCc1ccccc1. The van der Waals surface area contributed by atoms with Crippen molar-refractivity contribution < 1.29 is 4.79 Å². The van der Waals surface area contributed by atoms with Crippen molar-refractivity contribution in [3.8, 4) is 0 Å². The molecule has 5 nitrogen and oxygen atoms in total. The van der Waals surface area contributed by atoms with E-state index >= 15 is 0 Å². The zero-order valence-electron chi connectivity index (χ0n) is 17.6. The molecule has 0 atom stereocenters. The number of anilines is 2. The first-order valence-electron chi connectivity index (χ1n) is 10.4. The summed E-state index contributed by atoms with van der Waals surface area (Å²) in [5, 5.41) is 3.76. The molecule has 2 heterocycles. The van der Waals surface area contributed by atoms with E-state index in [1.807, 2.05) is 36.2 Å². The standard InChI is InChI=1S/C24H27N3O2S/c1-16(2)27-21-15-22-23(13-19(21)20(14-24(27)29)25-17(3)28)30-12-11-26(22)10-9-18-7-5-4-6-8-18/h4-8,13-16H,9-12H2,1-3H3,(H,25,28). The minimum absolute atomic E-state index is 0.0263. The number of amides is 1. The maximum absolute atomic E-state index is 12.8. The molecular formula is C24H27N3O2S. The molecule has 1 aromatic heterocycles. The number of carbonyl (C=O) groups excluding carboxylic acids is 1. The minimum Gasteiger partial charge on any atom is -0.369 e. The van der Waals surface area contributed by atoms with Gasteiger partial charge in [0.05, 0.1) is 16.9 Å². The second-order valence-electron chi connectivity index (χ2n) is 7.95. The van der Waals surface area contributed by atoms with Crippen LogP contribution < -0.4 is 15.8 Å². The predicted molar refractivity (Wildman–Crippen MR) is 126 cm³/mol. The third-order valence-corrected chi connectivity index (χ3v) is 6.46. The van der Waals surface area contributed by atoms with Gasteiger partial charge < -0.3 is 14.8 Å². The van der Waals surface area contributed by atoms with E-state index < -0.39 is 0 Å². The van der Waals surface area contributed by atoms with Gasteiger partial charge in [-0.2, -0.15) is 0 Å². The summed E-state index contributed by atoms with van der Waals surface area (Å²) in [4.78, 5) is 28.2. The van der Waals surface area contributed by atoms with E-state index in [1.165, 1.54) is 29.1 Å². The summed E-state index contributed by atoms with van der Waals surface area (Å²) in [5.41, 5.74) is 3.85. The Labute approximate surface area is 181 Å². The summed E-state index contributed by atoms with van der Waals surface area (Å²) in [6, 6.07) is 16.4. The maximum Gasteiger partial charge on any atom is 0.253 e. The van der Waals surface area contributed by atoms with Crippen LogP contribution >= 0.6 is 11.8 Å². The Balaban J connectivity index is 1.80. The normalized spacial score (nSPS) is 13.5. The number of benzene rings is 2. The molecule has 6 heteroatoms. The van der Waals surface area contributed by atoms with Crippen molar-refractivity contribution in [3.63, 3.8) is 0 Å². The number of thioether (sulfide) groups is 1. The molecule has 0 unspecified atom stereocenters. The van der Waals surface area contributed by atoms with E-state index in [1.54, 1.807) is 0 Å². The van der Waals surface area contributed by atoms with E-state index in [2.05, 4.69) is 46.6 Å². The smallest absolute Gasteiger partial charge is 0.253 e. The van der Waals surface area contributed by atoms with Crippen LogP contribution in [0.5, 0.6) is 0 Å².